The van der Waals surface area contributed by atoms with E-state index >= 15 is 0 Å². The SMILES string of the molecule is CC=N.O=C(CO)Nc1ccccc1. The van der Waals surface area contributed by atoms with Gasteiger partial charge in [-0.05, 0) is 25.3 Å². The van der Waals surface area contributed by atoms with Crippen LogP contribution in [0.4, 0.5) is 5.69 Å². The average Bonchev–Trinajstić information content (AvgIpc) is 2.20. The number of carbonyl (C=O) groups excluding carboxylic acids is 1. The van der Waals surface area contributed by atoms with Crippen molar-refractivity contribution in [3.63, 3.8) is 0 Å². The summed E-state index contributed by atoms with van der Waals surface area (Å²) in [5.41, 5.74) is 0.701. The molecule has 14 heavy (non-hydrogen) atoms. The number of para-hydroxylation sites is 1. The highest BCUT2D eigenvalue weighted by molar-refractivity contribution is 5.91. The van der Waals surface area contributed by atoms with Crippen LogP contribution in [0.1, 0.15) is 6.92 Å². The summed E-state index contributed by atoms with van der Waals surface area (Å²) >= 11 is 0. The Labute approximate surface area is 83.1 Å². The van der Waals surface area contributed by atoms with Crippen molar-refractivity contribution in [1.29, 1.82) is 5.41 Å². The largest absolute Gasteiger partial charge is 0.387 e. The van der Waals surface area contributed by atoms with E-state index in [1.165, 1.54) is 6.21 Å². The normalized spacial score (nSPS) is 8.14. The van der Waals surface area contributed by atoms with Crippen LogP contribution in [-0.2, 0) is 4.79 Å². The molecule has 0 unspecified atom stereocenters. The average molecular weight is 194 g/mol. The molecule has 0 saturated heterocycles. The summed E-state index contributed by atoms with van der Waals surface area (Å²) in [6.45, 7) is 1.19. The summed E-state index contributed by atoms with van der Waals surface area (Å²) in [6, 6.07) is 9.00. The molecule has 0 aromatic heterocycles. The highest BCUT2D eigenvalue weighted by atomic mass is 16.3. The van der Waals surface area contributed by atoms with E-state index in [1.807, 2.05) is 18.2 Å². The molecule has 4 nitrogen and oxygen atoms in total. The minimum Gasteiger partial charge on any atom is -0.387 e. The van der Waals surface area contributed by atoms with Crippen LogP contribution >= 0.6 is 0 Å². The molecule has 76 valence electrons. The van der Waals surface area contributed by atoms with Gasteiger partial charge in [0, 0.05) is 5.69 Å². The van der Waals surface area contributed by atoms with E-state index in [9.17, 15) is 4.79 Å². The summed E-state index contributed by atoms with van der Waals surface area (Å²) in [4.78, 5) is 10.6. The smallest absolute Gasteiger partial charge is 0.250 e. The minimum absolute atomic E-state index is 0.392. The van der Waals surface area contributed by atoms with Crippen LogP contribution in [-0.4, -0.2) is 23.8 Å². The number of amides is 1. The molecule has 0 saturated carbocycles. The van der Waals surface area contributed by atoms with Gasteiger partial charge < -0.3 is 15.8 Å². The fraction of sp³-hybridized carbons (Fsp3) is 0.200. The minimum atomic E-state index is -0.477. The fourth-order valence-electron chi connectivity index (χ4n) is 0.722. The van der Waals surface area contributed by atoms with Crippen molar-refractivity contribution in [2.24, 2.45) is 0 Å². The van der Waals surface area contributed by atoms with Crippen LogP contribution in [0.3, 0.4) is 0 Å². The molecule has 0 aliphatic heterocycles. The van der Waals surface area contributed by atoms with Crippen molar-refractivity contribution in [1.82, 2.24) is 0 Å². The Hall–Kier alpha value is -1.68. The molecule has 1 amide bonds. The zero-order valence-electron chi connectivity index (χ0n) is 8.03. The molecule has 0 aliphatic carbocycles. The quantitative estimate of drug-likeness (QED) is 0.620. The summed E-state index contributed by atoms with van der Waals surface area (Å²) < 4.78 is 0. The predicted molar refractivity (Wildman–Crippen MR) is 56.6 cm³/mol. The van der Waals surface area contributed by atoms with Gasteiger partial charge in [-0.2, -0.15) is 0 Å². The van der Waals surface area contributed by atoms with E-state index in [1.54, 1.807) is 19.1 Å². The summed E-state index contributed by atoms with van der Waals surface area (Å²) in [7, 11) is 0. The number of rotatable bonds is 2. The van der Waals surface area contributed by atoms with Crippen LogP contribution in [0, 0.1) is 5.41 Å². The van der Waals surface area contributed by atoms with Gasteiger partial charge in [0.25, 0.3) is 0 Å². The molecule has 0 aliphatic rings. The summed E-state index contributed by atoms with van der Waals surface area (Å²) in [5, 5.41) is 17.0. The zero-order valence-corrected chi connectivity index (χ0v) is 8.03. The monoisotopic (exact) mass is 194 g/mol. The van der Waals surface area contributed by atoms with Crippen LogP contribution in [0.25, 0.3) is 0 Å². The van der Waals surface area contributed by atoms with Crippen molar-refractivity contribution in [3.05, 3.63) is 30.3 Å². The van der Waals surface area contributed by atoms with Crippen LogP contribution in [0.2, 0.25) is 0 Å². The van der Waals surface area contributed by atoms with Gasteiger partial charge in [-0.25, -0.2) is 0 Å². The summed E-state index contributed by atoms with van der Waals surface area (Å²) in [6.07, 6.45) is 1.25. The molecule has 0 heterocycles. The predicted octanol–water partition coefficient (Wildman–Crippen LogP) is 1.27. The molecule has 0 spiro atoms. The van der Waals surface area contributed by atoms with Gasteiger partial charge in [0.2, 0.25) is 5.91 Å². The van der Waals surface area contributed by atoms with E-state index in [0.29, 0.717) is 5.69 Å². The number of aliphatic hydroxyl groups is 1. The lowest BCUT2D eigenvalue weighted by Crippen LogP contribution is -2.15. The van der Waals surface area contributed by atoms with Crippen molar-refractivity contribution < 1.29 is 9.90 Å². The van der Waals surface area contributed by atoms with Crippen molar-refractivity contribution in [2.75, 3.05) is 11.9 Å². The van der Waals surface area contributed by atoms with Gasteiger partial charge in [0.05, 0.1) is 0 Å². The van der Waals surface area contributed by atoms with Gasteiger partial charge >= 0.3 is 0 Å². The van der Waals surface area contributed by atoms with Crippen molar-refractivity contribution >= 4 is 17.8 Å². The Balaban J connectivity index is 0.000000500. The van der Waals surface area contributed by atoms with Crippen LogP contribution in [0.15, 0.2) is 30.3 Å². The number of benzene rings is 1. The molecule has 0 radical (unpaired) electrons. The number of anilines is 1. The van der Waals surface area contributed by atoms with E-state index < -0.39 is 12.5 Å². The molecular formula is C10H14N2O2. The number of hydrogen-bond acceptors (Lipinski definition) is 3. The lowest BCUT2D eigenvalue weighted by molar-refractivity contribution is -0.118. The number of nitrogens with one attached hydrogen (secondary N) is 2. The molecule has 1 rings (SSSR count). The third-order valence-corrected chi connectivity index (χ3v) is 1.20. The summed E-state index contributed by atoms with van der Waals surface area (Å²) in [5.74, 6) is -0.392. The van der Waals surface area contributed by atoms with Gasteiger partial charge in [-0.15, -0.1) is 0 Å². The first-order chi connectivity index (χ1) is 6.74. The van der Waals surface area contributed by atoms with Crippen molar-refractivity contribution in [3.8, 4) is 0 Å². The van der Waals surface area contributed by atoms with Crippen LogP contribution < -0.4 is 5.32 Å². The fourth-order valence-corrected chi connectivity index (χ4v) is 0.722. The highest BCUT2D eigenvalue weighted by Gasteiger charge is 1.96. The molecule has 0 atom stereocenters. The topological polar surface area (TPSA) is 73.2 Å². The molecule has 4 heteroatoms. The third-order valence-electron chi connectivity index (χ3n) is 1.20. The first-order valence-electron chi connectivity index (χ1n) is 4.15. The lowest BCUT2D eigenvalue weighted by Gasteiger charge is -2.00. The molecule has 0 fully saturated rings. The van der Waals surface area contributed by atoms with Gasteiger partial charge in [0.1, 0.15) is 6.61 Å². The molecule has 0 bridgehead atoms. The van der Waals surface area contributed by atoms with E-state index in [0.717, 1.165) is 0 Å². The van der Waals surface area contributed by atoms with E-state index in [-0.39, 0.29) is 0 Å². The maximum absolute atomic E-state index is 10.6. The van der Waals surface area contributed by atoms with Gasteiger partial charge in [0.15, 0.2) is 0 Å². The lowest BCUT2D eigenvalue weighted by atomic mass is 10.3. The first kappa shape index (κ1) is 12.3. The first-order valence-corrected chi connectivity index (χ1v) is 4.15. The Morgan fingerprint density at radius 1 is 1.50 bits per heavy atom. The molecule has 1 aromatic carbocycles. The third kappa shape index (κ3) is 5.91. The van der Waals surface area contributed by atoms with Crippen LogP contribution in [0.5, 0.6) is 0 Å². The maximum atomic E-state index is 10.6. The van der Waals surface area contributed by atoms with E-state index in [2.05, 4.69) is 5.32 Å². The molecule has 1 aromatic rings. The number of aliphatic hydroxyl groups excluding tert-OH is 1. The maximum Gasteiger partial charge on any atom is 0.250 e. The Kier molecular flexibility index (Phi) is 6.99. The molecule has 3 N–H and O–H groups in total. The second-order valence-electron chi connectivity index (χ2n) is 2.36. The second kappa shape index (κ2) is 7.94. The number of hydrogen-bond donors (Lipinski definition) is 3. The highest BCUT2D eigenvalue weighted by Crippen LogP contribution is 2.03. The Morgan fingerprint density at radius 2 is 2.00 bits per heavy atom. The van der Waals surface area contributed by atoms with Gasteiger partial charge in [-0.3, -0.25) is 4.79 Å². The van der Waals surface area contributed by atoms with E-state index in [4.69, 9.17) is 10.5 Å². The van der Waals surface area contributed by atoms with Crippen molar-refractivity contribution in [2.45, 2.75) is 6.92 Å². The Morgan fingerprint density at radius 3 is 2.43 bits per heavy atom. The standard InChI is InChI=1S/C8H9NO2.C2H5N/c10-6-8(11)9-7-4-2-1-3-5-7;1-2-3/h1-5,10H,6H2,(H,9,11);2-3H,1H3. The van der Waals surface area contributed by atoms with Gasteiger partial charge in [-0.1, -0.05) is 18.2 Å². The zero-order chi connectivity index (χ0) is 10.8. The number of carbonyl (C=O) groups is 1. The Bertz CT molecular complexity index is 273. The molecular weight excluding hydrogens is 180 g/mol. The second-order valence-corrected chi connectivity index (χ2v) is 2.36.